The van der Waals surface area contributed by atoms with Crippen LogP contribution in [0, 0.1) is 29.6 Å². The molecule has 4 aliphatic carbocycles. The molecule has 6 N–H and O–H groups in total. The van der Waals surface area contributed by atoms with Crippen LogP contribution in [0.4, 0.5) is 0 Å². The van der Waals surface area contributed by atoms with Crippen molar-refractivity contribution >= 4 is 17.5 Å². The number of phenolic OH excluding ortho intramolecular Hbond substituents is 1. The number of ketones is 2. The molecular formula is C31H36N2O7. The summed E-state index contributed by atoms with van der Waals surface area (Å²) in [6.07, 6.45) is 5.24. The molecule has 1 amide bonds. The van der Waals surface area contributed by atoms with E-state index in [9.17, 15) is 34.8 Å². The maximum atomic E-state index is 14.1. The minimum atomic E-state index is -2.53. The van der Waals surface area contributed by atoms with Crippen molar-refractivity contribution in [3.8, 4) is 17.6 Å². The molecule has 6 atom stereocenters. The average Bonchev–Trinajstić information content (AvgIpc) is 2.90. The van der Waals surface area contributed by atoms with Gasteiger partial charge in [0.05, 0.1) is 23.1 Å². The number of amides is 1. The van der Waals surface area contributed by atoms with Gasteiger partial charge in [-0.1, -0.05) is 24.8 Å². The molecule has 2 unspecified atom stereocenters. The number of aliphatic hydroxyl groups excluding tert-OH is 2. The minimum Gasteiger partial charge on any atom is -0.510 e. The first-order chi connectivity index (χ1) is 18.9. The largest absolute Gasteiger partial charge is 0.510 e. The van der Waals surface area contributed by atoms with Crippen molar-refractivity contribution < 1.29 is 34.8 Å². The van der Waals surface area contributed by atoms with E-state index in [1.165, 1.54) is 0 Å². The lowest BCUT2D eigenvalue weighted by atomic mass is 9.53. The summed E-state index contributed by atoms with van der Waals surface area (Å²) in [5, 5.41) is 45.6. The Morgan fingerprint density at radius 1 is 1.20 bits per heavy atom. The van der Waals surface area contributed by atoms with E-state index in [1.807, 2.05) is 13.0 Å². The van der Waals surface area contributed by atoms with Gasteiger partial charge >= 0.3 is 0 Å². The topological polar surface area (TPSA) is 161 Å². The Hall–Kier alpha value is -3.45. The van der Waals surface area contributed by atoms with E-state index in [0.29, 0.717) is 24.0 Å². The number of primary amides is 1. The first-order valence-corrected chi connectivity index (χ1v) is 13.9. The monoisotopic (exact) mass is 548 g/mol. The minimum absolute atomic E-state index is 0.0598. The van der Waals surface area contributed by atoms with E-state index in [2.05, 4.69) is 17.9 Å². The Balaban J connectivity index is 1.62. The smallest absolute Gasteiger partial charge is 0.255 e. The Labute approximate surface area is 233 Å². The average molecular weight is 549 g/mol. The molecule has 1 fully saturated rings. The predicted molar refractivity (Wildman–Crippen MR) is 146 cm³/mol. The number of phenols is 1. The van der Waals surface area contributed by atoms with Crippen LogP contribution in [-0.2, 0) is 22.4 Å². The molecule has 0 saturated heterocycles. The number of aromatic hydroxyl groups is 1. The zero-order chi connectivity index (χ0) is 29.1. The standard InChI is InChI=1S/C31H36N2O7/c1-4-16-12-17(11-10-15-8-6-5-7-9-15)25(34)22-19(16)13-18-14-20-24(33(2)3)27(36)23(30(32)39)29(38)31(20,40)28(37)21(18)26(22)35/h8,12,18,20-21,24,28,34,36-37,40H,4-7,9,13-14H2,1-3H3,(H2,32,39)/t18-,20-,21?,24-,28?,31-/m0/s1. The van der Waals surface area contributed by atoms with Crippen LogP contribution in [0.15, 0.2) is 29.0 Å². The van der Waals surface area contributed by atoms with Gasteiger partial charge in [0.25, 0.3) is 5.91 Å². The zero-order valence-corrected chi connectivity index (χ0v) is 23.0. The van der Waals surface area contributed by atoms with Crippen LogP contribution in [0.5, 0.6) is 5.75 Å². The van der Waals surface area contributed by atoms with Crippen molar-refractivity contribution in [1.29, 1.82) is 0 Å². The lowest BCUT2D eigenvalue weighted by Gasteiger charge is -2.55. The maximum absolute atomic E-state index is 14.1. The van der Waals surface area contributed by atoms with Crippen LogP contribution in [0.3, 0.4) is 0 Å². The highest BCUT2D eigenvalue weighted by atomic mass is 16.4. The van der Waals surface area contributed by atoms with Gasteiger partial charge in [-0.15, -0.1) is 0 Å². The van der Waals surface area contributed by atoms with E-state index in [0.717, 1.165) is 36.8 Å². The van der Waals surface area contributed by atoms with Crippen molar-refractivity contribution in [3.05, 3.63) is 51.3 Å². The number of rotatable bonds is 3. The molecule has 9 heteroatoms. The number of aryl methyl sites for hydroxylation is 1. The van der Waals surface area contributed by atoms with Crippen molar-refractivity contribution in [2.24, 2.45) is 23.5 Å². The number of carbonyl (C=O) groups is 3. The second-order valence-corrected chi connectivity index (χ2v) is 11.7. The molecule has 40 heavy (non-hydrogen) atoms. The number of carbonyl (C=O) groups excluding carboxylic acids is 3. The van der Waals surface area contributed by atoms with Crippen LogP contribution >= 0.6 is 0 Å². The summed E-state index contributed by atoms with van der Waals surface area (Å²) in [6.45, 7) is 1.95. The van der Waals surface area contributed by atoms with E-state index in [1.54, 1.807) is 19.0 Å². The highest BCUT2D eigenvalue weighted by Gasteiger charge is 2.66. The first-order valence-electron chi connectivity index (χ1n) is 13.9. The highest BCUT2D eigenvalue weighted by Crippen LogP contribution is 2.53. The van der Waals surface area contributed by atoms with Crippen molar-refractivity contribution in [3.63, 3.8) is 0 Å². The van der Waals surface area contributed by atoms with E-state index in [4.69, 9.17) is 5.73 Å². The normalized spacial score (nSPS) is 31.6. The van der Waals surface area contributed by atoms with Gasteiger partial charge in [0.15, 0.2) is 11.4 Å². The fourth-order valence-corrected chi connectivity index (χ4v) is 7.35. The number of nitrogens with zero attached hydrogens (tertiary/aromatic N) is 1. The van der Waals surface area contributed by atoms with Crippen LogP contribution < -0.4 is 5.73 Å². The summed E-state index contributed by atoms with van der Waals surface area (Å²) in [5.74, 6) is -0.337. The number of nitrogens with two attached hydrogens (primary N) is 1. The van der Waals surface area contributed by atoms with Crippen LogP contribution in [0.25, 0.3) is 0 Å². The zero-order valence-electron chi connectivity index (χ0n) is 23.0. The molecule has 0 aliphatic heterocycles. The number of fused-ring (bicyclic) bond motifs is 3. The molecule has 0 radical (unpaired) electrons. The molecule has 9 nitrogen and oxygen atoms in total. The number of hydrogen-bond acceptors (Lipinski definition) is 8. The third-order valence-electron chi connectivity index (χ3n) is 9.28. The molecule has 0 spiro atoms. The molecule has 0 bridgehead atoms. The van der Waals surface area contributed by atoms with Gasteiger partial charge in [0.1, 0.15) is 23.2 Å². The lowest BCUT2D eigenvalue weighted by Crippen LogP contribution is -2.71. The quantitative estimate of drug-likeness (QED) is 0.282. The third-order valence-corrected chi connectivity index (χ3v) is 9.28. The molecular weight excluding hydrogens is 512 g/mol. The van der Waals surface area contributed by atoms with Crippen LogP contribution in [-0.4, -0.2) is 74.6 Å². The van der Waals surface area contributed by atoms with Gasteiger partial charge in [-0.05, 0) is 87.7 Å². The van der Waals surface area contributed by atoms with E-state index in [-0.39, 0.29) is 17.7 Å². The van der Waals surface area contributed by atoms with Gasteiger partial charge in [-0.3, -0.25) is 19.3 Å². The molecule has 0 aromatic heterocycles. The molecule has 0 heterocycles. The Kier molecular flexibility index (Phi) is 7.15. The fraction of sp³-hybridized carbons (Fsp3) is 0.516. The SMILES string of the molecule is CCc1cc(C#CC2=CCCCC2)c(O)c2c1C[C@H]1C[C@H]3[C@H](N(C)C)C(O)=C(C(N)=O)C(=O)[C@@]3(O)C(O)C1C2=O. The lowest BCUT2D eigenvalue weighted by molar-refractivity contribution is -0.190. The number of benzene rings is 1. The highest BCUT2D eigenvalue weighted by molar-refractivity contribution is 6.23. The first kappa shape index (κ1) is 28.1. The van der Waals surface area contributed by atoms with Gasteiger partial charge in [0, 0.05) is 5.92 Å². The summed E-state index contributed by atoms with van der Waals surface area (Å²) in [7, 11) is 3.24. The van der Waals surface area contributed by atoms with E-state index < -0.39 is 64.3 Å². The van der Waals surface area contributed by atoms with Gasteiger partial charge < -0.3 is 26.2 Å². The molecule has 5 rings (SSSR count). The number of allylic oxidation sites excluding steroid dienone is 2. The number of Topliss-reactive ketones (excluding diaryl/α,β-unsaturated/α-hetero) is 2. The van der Waals surface area contributed by atoms with Gasteiger partial charge in [-0.25, -0.2) is 0 Å². The molecule has 1 aromatic rings. The van der Waals surface area contributed by atoms with Crippen molar-refractivity contribution in [2.45, 2.75) is 69.6 Å². The number of likely N-dealkylation sites (N-methyl/N-ethyl adjacent to an activating group) is 1. The number of aliphatic hydroxyl groups is 3. The molecule has 4 aliphatic rings. The Morgan fingerprint density at radius 3 is 2.52 bits per heavy atom. The van der Waals surface area contributed by atoms with Crippen LogP contribution in [0.2, 0.25) is 0 Å². The second kappa shape index (κ2) is 10.2. The number of hydrogen-bond donors (Lipinski definition) is 5. The Bertz CT molecular complexity index is 1430. The van der Waals surface area contributed by atoms with Gasteiger partial charge in [0.2, 0.25) is 5.78 Å². The maximum Gasteiger partial charge on any atom is 0.255 e. The second-order valence-electron chi connectivity index (χ2n) is 11.7. The van der Waals surface area contributed by atoms with E-state index >= 15 is 0 Å². The van der Waals surface area contributed by atoms with Gasteiger partial charge in [-0.2, -0.15) is 0 Å². The van der Waals surface area contributed by atoms with Crippen molar-refractivity contribution in [1.82, 2.24) is 4.90 Å². The Morgan fingerprint density at radius 2 is 1.93 bits per heavy atom. The summed E-state index contributed by atoms with van der Waals surface area (Å²) in [4.78, 5) is 41.2. The fourth-order valence-electron chi connectivity index (χ4n) is 7.35. The summed E-state index contributed by atoms with van der Waals surface area (Å²) < 4.78 is 0. The summed E-state index contributed by atoms with van der Waals surface area (Å²) in [5.41, 5.74) is 5.01. The van der Waals surface area contributed by atoms with Crippen molar-refractivity contribution in [2.75, 3.05) is 14.1 Å². The summed E-state index contributed by atoms with van der Waals surface area (Å²) >= 11 is 0. The van der Waals surface area contributed by atoms with Crippen LogP contribution in [0.1, 0.15) is 66.1 Å². The molecule has 1 saturated carbocycles. The third kappa shape index (κ3) is 4.09. The summed E-state index contributed by atoms with van der Waals surface area (Å²) in [6, 6.07) is 0.830. The molecule has 212 valence electrons. The predicted octanol–water partition coefficient (Wildman–Crippen LogP) is 1.70. The molecule has 1 aromatic carbocycles.